The summed E-state index contributed by atoms with van der Waals surface area (Å²) in [4.78, 5) is 2.58. The number of hydrogen-bond acceptors (Lipinski definition) is 2. The van der Waals surface area contributed by atoms with E-state index in [0.29, 0.717) is 0 Å². The maximum absolute atomic E-state index is 3.41. The van der Waals surface area contributed by atoms with Crippen LogP contribution in [0.25, 0.3) is 0 Å². The molecule has 4 rings (SSSR count). The van der Waals surface area contributed by atoms with Crippen molar-refractivity contribution < 1.29 is 0 Å². The molecule has 2 aliphatic rings. The van der Waals surface area contributed by atoms with Gasteiger partial charge in [-0.15, -0.1) is 0 Å². The van der Waals surface area contributed by atoms with Crippen molar-refractivity contribution in [1.29, 1.82) is 0 Å². The van der Waals surface area contributed by atoms with E-state index in [1.54, 1.807) is 5.56 Å². The number of piperidine rings is 1. The Kier molecular flexibility index (Phi) is 14.9. The second-order valence-corrected chi connectivity index (χ2v) is 11.1. The highest BCUT2D eigenvalue weighted by Crippen LogP contribution is 2.29. The number of nitrogens with zero attached hydrogens (tertiary/aromatic N) is 1. The Labute approximate surface area is 224 Å². The van der Waals surface area contributed by atoms with Crippen LogP contribution in [0.15, 0.2) is 42.5 Å². The Bertz CT molecular complexity index is 818. The third-order valence-corrected chi connectivity index (χ3v) is 7.62. The average Bonchev–Trinajstić information content (AvgIpc) is 2.92. The highest BCUT2D eigenvalue weighted by molar-refractivity contribution is 5.57. The number of unbranched alkanes of at least 4 members (excludes halogenated alkanes) is 1. The van der Waals surface area contributed by atoms with Crippen LogP contribution in [0.3, 0.4) is 0 Å². The van der Waals surface area contributed by atoms with Crippen molar-refractivity contribution in [2.24, 2.45) is 5.92 Å². The minimum absolute atomic E-state index is 0.794. The topological polar surface area (TPSA) is 15.3 Å². The van der Waals surface area contributed by atoms with Gasteiger partial charge in [-0.3, -0.25) is 0 Å². The Morgan fingerprint density at radius 3 is 2.08 bits per heavy atom. The van der Waals surface area contributed by atoms with Gasteiger partial charge in [0.15, 0.2) is 0 Å². The first-order valence-electron chi connectivity index (χ1n) is 15.2. The molecule has 0 unspecified atom stereocenters. The van der Waals surface area contributed by atoms with Crippen molar-refractivity contribution >= 4 is 5.69 Å². The van der Waals surface area contributed by atoms with Crippen LogP contribution >= 0.6 is 0 Å². The lowest BCUT2D eigenvalue weighted by molar-refractivity contribution is 0.460. The molecule has 0 spiro atoms. The monoisotopic (exact) mass is 492 g/mol. The lowest BCUT2D eigenvalue weighted by atomic mass is 9.90. The van der Waals surface area contributed by atoms with E-state index in [2.05, 4.69) is 94.2 Å². The number of fused-ring (bicyclic) bond motifs is 1. The molecule has 0 aromatic heterocycles. The predicted molar refractivity (Wildman–Crippen MR) is 162 cm³/mol. The van der Waals surface area contributed by atoms with Crippen molar-refractivity contribution in [1.82, 2.24) is 5.32 Å². The summed E-state index contributed by atoms with van der Waals surface area (Å²) in [6.45, 7) is 18.3. The highest BCUT2D eigenvalue weighted by Gasteiger charge is 2.16. The molecule has 0 amide bonds. The van der Waals surface area contributed by atoms with Crippen LogP contribution in [0.4, 0.5) is 5.69 Å². The lowest BCUT2D eigenvalue weighted by Crippen LogP contribution is -2.30. The fourth-order valence-electron chi connectivity index (χ4n) is 5.26. The summed E-state index contributed by atoms with van der Waals surface area (Å²) in [5.74, 6) is 1.69. The van der Waals surface area contributed by atoms with Crippen LogP contribution in [0.2, 0.25) is 0 Å². The SMILES string of the molecule is CCCC(C)C.CCCCN1CCCc2ccc(CC)cc21.CCc1ccc(C2CCNCC2)cc1. The zero-order valence-electron chi connectivity index (χ0n) is 24.5. The summed E-state index contributed by atoms with van der Waals surface area (Å²) in [5, 5.41) is 3.41. The minimum atomic E-state index is 0.794. The van der Waals surface area contributed by atoms with Crippen molar-refractivity contribution in [3.63, 3.8) is 0 Å². The van der Waals surface area contributed by atoms with Gasteiger partial charge in [-0.1, -0.05) is 97.2 Å². The van der Waals surface area contributed by atoms with Gasteiger partial charge < -0.3 is 10.2 Å². The lowest BCUT2D eigenvalue weighted by Gasteiger charge is -2.31. The molecule has 1 N–H and O–H groups in total. The summed E-state index contributed by atoms with van der Waals surface area (Å²) < 4.78 is 0. The van der Waals surface area contributed by atoms with E-state index < -0.39 is 0 Å². The number of anilines is 1. The fourth-order valence-corrected chi connectivity index (χ4v) is 5.26. The first kappa shape index (κ1) is 30.4. The third-order valence-electron chi connectivity index (χ3n) is 7.62. The van der Waals surface area contributed by atoms with E-state index in [4.69, 9.17) is 0 Å². The molecule has 202 valence electrons. The van der Waals surface area contributed by atoms with Crippen molar-refractivity contribution in [2.45, 2.75) is 112 Å². The van der Waals surface area contributed by atoms with E-state index in [9.17, 15) is 0 Å². The zero-order chi connectivity index (χ0) is 26.2. The molecule has 2 heterocycles. The standard InChI is InChI=1S/C15H23N.C13H19N.C6H14/c1-3-5-10-16-11-6-7-14-9-8-13(4-2)12-15(14)16;1-2-11-3-5-12(6-4-11)13-7-9-14-10-8-13;1-4-5-6(2)3/h8-9,12H,3-7,10-11H2,1-2H3;3-6,13-14H,2,7-10H2,1H3;6H,4-5H2,1-3H3. The fraction of sp³-hybridized carbons (Fsp3) is 0.647. The Morgan fingerprint density at radius 1 is 0.861 bits per heavy atom. The second kappa shape index (κ2) is 17.6. The molecule has 0 saturated carbocycles. The molecular formula is C34H56N2. The summed E-state index contributed by atoms with van der Waals surface area (Å²) in [7, 11) is 0. The number of aryl methyl sites for hydroxylation is 3. The molecule has 1 fully saturated rings. The molecule has 0 atom stereocenters. The first-order valence-corrected chi connectivity index (χ1v) is 15.2. The zero-order valence-corrected chi connectivity index (χ0v) is 24.5. The number of nitrogens with one attached hydrogen (secondary N) is 1. The maximum Gasteiger partial charge on any atom is 0.0401 e. The van der Waals surface area contributed by atoms with Crippen LogP contribution in [0, 0.1) is 5.92 Å². The number of hydrogen-bond donors (Lipinski definition) is 1. The Morgan fingerprint density at radius 2 is 1.53 bits per heavy atom. The average molecular weight is 493 g/mol. The van der Waals surface area contributed by atoms with Gasteiger partial charge in [-0.25, -0.2) is 0 Å². The van der Waals surface area contributed by atoms with E-state index in [1.807, 2.05) is 0 Å². The van der Waals surface area contributed by atoms with Crippen molar-refractivity contribution in [3.8, 4) is 0 Å². The quantitative estimate of drug-likeness (QED) is 0.395. The predicted octanol–water partition coefficient (Wildman–Crippen LogP) is 8.96. The molecule has 36 heavy (non-hydrogen) atoms. The minimum Gasteiger partial charge on any atom is -0.371 e. The molecule has 0 bridgehead atoms. The van der Waals surface area contributed by atoms with Gasteiger partial charge in [0.2, 0.25) is 0 Å². The maximum atomic E-state index is 3.41. The van der Waals surface area contributed by atoms with Gasteiger partial charge in [-0.2, -0.15) is 0 Å². The Hall–Kier alpha value is -1.80. The molecular weight excluding hydrogens is 436 g/mol. The van der Waals surface area contributed by atoms with Gasteiger partial charge in [0.05, 0.1) is 0 Å². The van der Waals surface area contributed by atoms with Crippen LogP contribution in [-0.4, -0.2) is 26.2 Å². The van der Waals surface area contributed by atoms with E-state index in [-0.39, 0.29) is 0 Å². The van der Waals surface area contributed by atoms with Gasteiger partial charge in [0, 0.05) is 18.8 Å². The first-order chi connectivity index (χ1) is 17.5. The van der Waals surface area contributed by atoms with Crippen LogP contribution in [-0.2, 0) is 19.3 Å². The molecule has 0 aliphatic carbocycles. The molecule has 2 aliphatic heterocycles. The molecule has 2 aromatic carbocycles. The van der Waals surface area contributed by atoms with E-state index >= 15 is 0 Å². The Balaban J connectivity index is 0.000000209. The van der Waals surface area contributed by atoms with Crippen LogP contribution in [0.1, 0.15) is 115 Å². The molecule has 2 nitrogen and oxygen atoms in total. The molecule has 1 saturated heterocycles. The van der Waals surface area contributed by atoms with Gasteiger partial charge in [0.1, 0.15) is 0 Å². The van der Waals surface area contributed by atoms with Gasteiger partial charge in [-0.05, 0) is 98.2 Å². The highest BCUT2D eigenvalue weighted by atomic mass is 15.1. The van der Waals surface area contributed by atoms with E-state index in [0.717, 1.165) is 24.7 Å². The third kappa shape index (κ3) is 10.7. The molecule has 2 heteroatoms. The van der Waals surface area contributed by atoms with Gasteiger partial charge in [0.25, 0.3) is 0 Å². The summed E-state index contributed by atoms with van der Waals surface area (Å²) in [6, 6.07) is 16.2. The normalized spacial score (nSPS) is 15.5. The summed E-state index contributed by atoms with van der Waals surface area (Å²) in [5.41, 5.74) is 7.52. The molecule has 0 radical (unpaired) electrons. The van der Waals surface area contributed by atoms with E-state index in [1.165, 1.54) is 99.9 Å². The number of benzene rings is 2. The summed E-state index contributed by atoms with van der Waals surface area (Å²) >= 11 is 0. The van der Waals surface area contributed by atoms with Crippen molar-refractivity contribution in [3.05, 3.63) is 64.7 Å². The summed E-state index contributed by atoms with van der Waals surface area (Å²) in [6.07, 6.45) is 12.8. The number of rotatable bonds is 8. The van der Waals surface area contributed by atoms with Gasteiger partial charge >= 0.3 is 0 Å². The van der Waals surface area contributed by atoms with Crippen molar-refractivity contribution in [2.75, 3.05) is 31.1 Å². The largest absolute Gasteiger partial charge is 0.371 e. The van der Waals surface area contributed by atoms with Crippen LogP contribution < -0.4 is 10.2 Å². The smallest absolute Gasteiger partial charge is 0.0401 e. The molecule has 2 aromatic rings. The second-order valence-electron chi connectivity index (χ2n) is 11.1. The van der Waals surface area contributed by atoms with Crippen LogP contribution in [0.5, 0.6) is 0 Å².